The summed E-state index contributed by atoms with van der Waals surface area (Å²) >= 11 is 6.22. The summed E-state index contributed by atoms with van der Waals surface area (Å²) in [5.41, 5.74) is 4.54. The summed E-state index contributed by atoms with van der Waals surface area (Å²) in [4.78, 5) is 12.5. The highest BCUT2D eigenvalue weighted by molar-refractivity contribution is 6.30. The van der Waals surface area contributed by atoms with E-state index >= 15 is 0 Å². The third-order valence-electron chi connectivity index (χ3n) is 6.70. The molecule has 0 spiro atoms. The maximum absolute atomic E-state index is 12.5. The molecular weight excluding hydrogens is 332 g/mol. The van der Waals surface area contributed by atoms with Gasteiger partial charge in [-0.05, 0) is 37.3 Å². The fourth-order valence-electron chi connectivity index (χ4n) is 5.37. The number of carbonyl (C=O) groups is 1. The van der Waals surface area contributed by atoms with E-state index in [2.05, 4.69) is 26.8 Å². The first-order valence-electron chi connectivity index (χ1n) is 9.11. The summed E-state index contributed by atoms with van der Waals surface area (Å²) in [7, 11) is 2.02. The van der Waals surface area contributed by atoms with Gasteiger partial charge in [0, 0.05) is 40.4 Å². The molecule has 2 aliphatic rings. The number of aromatic nitrogens is 2. The Morgan fingerprint density at radius 2 is 2.00 bits per heavy atom. The number of fused-ring (bicyclic) bond motifs is 3. The number of aryl methyl sites for hydroxylation is 1. The van der Waals surface area contributed by atoms with E-state index in [9.17, 15) is 4.79 Å². The molecule has 0 bridgehead atoms. The lowest BCUT2D eigenvalue weighted by Crippen LogP contribution is -2.52. The van der Waals surface area contributed by atoms with Crippen LogP contribution >= 0.6 is 11.6 Å². The van der Waals surface area contributed by atoms with Crippen molar-refractivity contribution in [3.63, 3.8) is 0 Å². The highest BCUT2D eigenvalue weighted by Crippen LogP contribution is 2.56. The smallest absolute Gasteiger partial charge is 0.138 e. The van der Waals surface area contributed by atoms with Gasteiger partial charge in [-0.2, -0.15) is 5.10 Å². The minimum atomic E-state index is -0.265. The standard InChI is InChI=1S/C21H25ClN2O/c1-20(2)16-9-8-15-18(13-6-5-7-14(22)12-13)24(4)23-19(15)21(16,3)11-10-17(20)25/h5-7,12,16H,8-11H2,1-4H3/t16-,21-/m0/s1. The molecule has 25 heavy (non-hydrogen) atoms. The van der Waals surface area contributed by atoms with Crippen LogP contribution in [0.3, 0.4) is 0 Å². The van der Waals surface area contributed by atoms with E-state index in [1.165, 1.54) is 17.0 Å². The molecule has 1 fully saturated rings. The highest BCUT2D eigenvalue weighted by Gasteiger charge is 2.55. The van der Waals surface area contributed by atoms with Crippen molar-refractivity contribution in [2.24, 2.45) is 18.4 Å². The summed E-state index contributed by atoms with van der Waals surface area (Å²) in [5.74, 6) is 0.764. The highest BCUT2D eigenvalue weighted by atomic mass is 35.5. The number of Topliss-reactive ketones (excluding diaryl/α,β-unsaturated/α-hetero) is 1. The molecule has 2 aliphatic carbocycles. The zero-order valence-corrected chi connectivity index (χ0v) is 16.2. The zero-order valence-electron chi connectivity index (χ0n) is 15.4. The maximum atomic E-state index is 12.5. The van der Waals surface area contributed by atoms with Crippen LogP contribution in [0.2, 0.25) is 5.02 Å². The molecule has 0 amide bonds. The number of ketones is 1. The third-order valence-corrected chi connectivity index (χ3v) is 6.93. The van der Waals surface area contributed by atoms with Gasteiger partial charge in [0.2, 0.25) is 0 Å². The SMILES string of the molecule is Cn1nc2c(c1-c1cccc(Cl)c1)CC[C@H]1C(C)(C)C(=O)CC[C@]21C. The molecule has 0 radical (unpaired) electrons. The minimum absolute atomic E-state index is 0.0282. The Hall–Kier alpha value is -1.61. The minimum Gasteiger partial charge on any atom is -0.299 e. The number of halogens is 1. The number of rotatable bonds is 1. The van der Waals surface area contributed by atoms with Crippen molar-refractivity contribution in [2.45, 2.75) is 51.9 Å². The molecule has 1 aromatic heterocycles. The van der Waals surface area contributed by atoms with Crippen LogP contribution in [-0.4, -0.2) is 15.6 Å². The molecule has 2 atom stereocenters. The Balaban J connectivity index is 1.88. The molecule has 3 nitrogen and oxygen atoms in total. The van der Waals surface area contributed by atoms with Gasteiger partial charge in [0.05, 0.1) is 11.4 Å². The topological polar surface area (TPSA) is 34.9 Å². The van der Waals surface area contributed by atoms with Gasteiger partial charge in [0.15, 0.2) is 0 Å². The van der Waals surface area contributed by atoms with Crippen molar-refractivity contribution in [1.82, 2.24) is 9.78 Å². The van der Waals surface area contributed by atoms with Gasteiger partial charge in [-0.25, -0.2) is 0 Å². The van der Waals surface area contributed by atoms with Crippen LogP contribution < -0.4 is 0 Å². The van der Waals surface area contributed by atoms with E-state index in [1.54, 1.807) is 0 Å². The Kier molecular flexibility index (Phi) is 3.66. The average molecular weight is 357 g/mol. The molecule has 2 aromatic rings. The van der Waals surface area contributed by atoms with Crippen LogP contribution in [0.25, 0.3) is 11.3 Å². The van der Waals surface area contributed by atoms with E-state index in [0.717, 1.165) is 29.8 Å². The Bertz CT molecular complexity index is 867. The fraction of sp³-hybridized carbons (Fsp3) is 0.524. The van der Waals surface area contributed by atoms with Crippen LogP contribution in [-0.2, 0) is 23.7 Å². The molecular formula is C21H25ClN2O. The molecule has 4 heteroatoms. The predicted octanol–water partition coefficient (Wildman–Crippen LogP) is 4.95. The molecule has 0 N–H and O–H groups in total. The second-order valence-electron chi connectivity index (χ2n) is 8.46. The molecule has 132 valence electrons. The lowest BCUT2D eigenvalue weighted by Gasteiger charge is -2.51. The number of hydrogen-bond donors (Lipinski definition) is 0. The van der Waals surface area contributed by atoms with E-state index in [1.807, 2.05) is 29.9 Å². The van der Waals surface area contributed by atoms with Crippen LogP contribution in [0.1, 0.15) is 51.3 Å². The first-order chi connectivity index (χ1) is 11.7. The normalized spacial score (nSPS) is 27.7. The van der Waals surface area contributed by atoms with E-state index in [0.29, 0.717) is 18.1 Å². The molecule has 0 aliphatic heterocycles. The van der Waals surface area contributed by atoms with Crippen LogP contribution in [0.5, 0.6) is 0 Å². The average Bonchev–Trinajstić information content (AvgIpc) is 2.89. The van der Waals surface area contributed by atoms with Gasteiger partial charge >= 0.3 is 0 Å². The van der Waals surface area contributed by atoms with E-state index in [-0.39, 0.29) is 10.8 Å². The monoisotopic (exact) mass is 356 g/mol. The lowest BCUT2D eigenvalue weighted by molar-refractivity contribution is -0.137. The molecule has 0 unspecified atom stereocenters. The van der Waals surface area contributed by atoms with Crippen LogP contribution in [0, 0.1) is 11.3 Å². The quantitative estimate of drug-likeness (QED) is 0.724. The Morgan fingerprint density at radius 1 is 1.24 bits per heavy atom. The van der Waals surface area contributed by atoms with Gasteiger partial charge in [-0.15, -0.1) is 0 Å². The van der Waals surface area contributed by atoms with Gasteiger partial charge in [-0.3, -0.25) is 9.48 Å². The van der Waals surface area contributed by atoms with Crippen molar-refractivity contribution in [2.75, 3.05) is 0 Å². The summed E-state index contributed by atoms with van der Waals surface area (Å²) in [6.45, 7) is 6.57. The van der Waals surface area contributed by atoms with Crippen LogP contribution in [0.4, 0.5) is 0 Å². The Labute approximate surface area is 154 Å². The van der Waals surface area contributed by atoms with Crippen molar-refractivity contribution < 1.29 is 4.79 Å². The molecule has 4 rings (SSSR count). The number of benzene rings is 1. The second kappa shape index (κ2) is 5.44. The van der Waals surface area contributed by atoms with Crippen LogP contribution in [0.15, 0.2) is 24.3 Å². The summed E-state index contributed by atoms with van der Waals surface area (Å²) in [6.07, 6.45) is 3.57. The van der Waals surface area contributed by atoms with Gasteiger partial charge in [0.1, 0.15) is 5.78 Å². The Morgan fingerprint density at radius 3 is 2.72 bits per heavy atom. The molecule has 1 saturated carbocycles. The molecule has 0 saturated heterocycles. The second-order valence-corrected chi connectivity index (χ2v) is 8.90. The summed E-state index contributed by atoms with van der Waals surface area (Å²) in [6, 6.07) is 8.01. The first-order valence-corrected chi connectivity index (χ1v) is 9.48. The van der Waals surface area contributed by atoms with E-state index in [4.69, 9.17) is 16.7 Å². The number of nitrogens with zero attached hydrogens (tertiary/aromatic N) is 2. The maximum Gasteiger partial charge on any atom is 0.138 e. The first kappa shape index (κ1) is 16.8. The molecule has 1 aromatic carbocycles. The number of carbonyl (C=O) groups excluding carboxylic acids is 1. The van der Waals surface area contributed by atoms with Crippen molar-refractivity contribution >= 4 is 17.4 Å². The zero-order chi connectivity index (χ0) is 18.0. The number of hydrogen-bond acceptors (Lipinski definition) is 2. The largest absolute Gasteiger partial charge is 0.299 e. The van der Waals surface area contributed by atoms with E-state index < -0.39 is 0 Å². The van der Waals surface area contributed by atoms with Crippen molar-refractivity contribution in [1.29, 1.82) is 0 Å². The lowest BCUT2D eigenvalue weighted by atomic mass is 9.51. The fourth-order valence-corrected chi connectivity index (χ4v) is 5.56. The van der Waals surface area contributed by atoms with Crippen molar-refractivity contribution in [3.05, 3.63) is 40.5 Å². The predicted molar refractivity (Wildman–Crippen MR) is 101 cm³/mol. The third kappa shape index (κ3) is 2.32. The van der Waals surface area contributed by atoms with Crippen molar-refractivity contribution in [3.8, 4) is 11.3 Å². The molecule has 1 heterocycles. The summed E-state index contributed by atoms with van der Waals surface area (Å²) in [5, 5.41) is 5.71. The summed E-state index contributed by atoms with van der Waals surface area (Å²) < 4.78 is 2.01. The van der Waals surface area contributed by atoms with Gasteiger partial charge < -0.3 is 0 Å². The van der Waals surface area contributed by atoms with Gasteiger partial charge in [0.25, 0.3) is 0 Å². The van der Waals surface area contributed by atoms with Gasteiger partial charge in [-0.1, -0.05) is 44.5 Å².